The highest BCUT2D eigenvalue weighted by molar-refractivity contribution is 5.85. The van der Waals surface area contributed by atoms with Crippen molar-refractivity contribution in [2.45, 2.75) is 52.2 Å². The molecule has 2 N–H and O–H groups in total. The molecule has 2 rings (SSSR count). The van der Waals surface area contributed by atoms with E-state index in [1.165, 1.54) is 5.56 Å². The Hall–Kier alpha value is -1.62. The third kappa shape index (κ3) is 3.73. The van der Waals surface area contributed by atoms with Crippen molar-refractivity contribution in [3.05, 3.63) is 23.4 Å². The number of aryl methyl sites for hydroxylation is 1. The fourth-order valence-electron chi connectivity index (χ4n) is 2.80. The highest BCUT2D eigenvalue weighted by atomic mass is 16.2. The third-order valence-corrected chi connectivity index (χ3v) is 3.90. The lowest BCUT2D eigenvalue weighted by atomic mass is 10.1. The van der Waals surface area contributed by atoms with Gasteiger partial charge < -0.3 is 15.5 Å². The van der Waals surface area contributed by atoms with Gasteiger partial charge in [-0.05, 0) is 37.0 Å². The predicted octanol–water partition coefficient (Wildman–Crippen LogP) is 1.60. The van der Waals surface area contributed by atoms with Crippen LogP contribution in [0.15, 0.2) is 12.3 Å². The zero-order valence-corrected chi connectivity index (χ0v) is 13.4. The van der Waals surface area contributed by atoms with Gasteiger partial charge in [0.05, 0.1) is 0 Å². The molecule has 1 amide bonds. The number of likely N-dealkylation sites (N-methyl/N-ethyl adjacent to an activating group) is 1. The molecule has 5 heteroatoms. The van der Waals surface area contributed by atoms with Gasteiger partial charge in [0, 0.05) is 32.4 Å². The Kier molecular flexibility index (Phi) is 5.17. The van der Waals surface area contributed by atoms with E-state index in [-0.39, 0.29) is 11.9 Å². The Morgan fingerprint density at radius 3 is 2.90 bits per heavy atom. The summed E-state index contributed by atoms with van der Waals surface area (Å²) in [6.45, 7) is 8.06. The summed E-state index contributed by atoms with van der Waals surface area (Å²) in [6.07, 6.45) is 3.85. The van der Waals surface area contributed by atoms with E-state index in [1.54, 1.807) is 7.05 Å². The summed E-state index contributed by atoms with van der Waals surface area (Å²) in [7, 11) is 1.69. The molecule has 0 spiro atoms. The monoisotopic (exact) mass is 290 g/mol. The van der Waals surface area contributed by atoms with Crippen molar-refractivity contribution < 1.29 is 4.79 Å². The molecule has 1 aromatic heterocycles. The first-order valence-corrected chi connectivity index (χ1v) is 7.70. The number of carbonyl (C=O) groups excluding carboxylic acids is 1. The van der Waals surface area contributed by atoms with Gasteiger partial charge in [-0.25, -0.2) is 4.98 Å². The SMILES string of the molecule is CNC(=O)C1CCCN1c1ncc(CNC(C)C)cc1C. The average molecular weight is 290 g/mol. The molecule has 1 atom stereocenters. The lowest BCUT2D eigenvalue weighted by Crippen LogP contribution is -2.42. The topological polar surface area (TPSA) is 57.3 Å². The second kappa shape index (κ2) is 6.89. The lowest BCUT2D eigenvalue weighted by Gasteiger charge is -2.26. The van der Waals surface area contributed by atoms with Crippen LogP contribution in [0.3, 0.4) is 0 Å². The van der Waals surface area contributed by atoms with E-state index in [2.05, 4.69) is 47.4 Å². The second-order valence-corrected chi connectivity index (χ2v) is 5.99. The van der Waals surface area contributed by atoms with Crippen LogP contribution < -0.4 is 15.5 Å². The molecule has 1 aliphatic heterocycles. The number of nitrogens with one attached hydrogen (secondary N) is 2. The number of pyridine rings is 1. The average Bonchev–Trinajstić information content (AvgIpc) is 2.93. The molecule has 1 unspecified atom stereocenters. The Balaban J connectivity index is 2.14. The zero-order valence-electron chi connectivity index (χ0n) is 13.4. The summed E-state index contributed by atoms with van der Waals surface area (Å²) in [6, 6.07) is 2.54. The van der Waals surface area contributed by atoms with Crippen LogP contribution in [-0.2, 0) is 11.3 Å². The Morgan fingerprint density at radius 1 is 1.52 bits per heavy atom. The molecule has 21 heavy (non-hydrogen) atoms. The van der Waals surface area contributed by atoms with Crippen molar-refractivity contribution in [2.24, 2.45) is 0 Å². The van der Waals surface area contributed by atoms with Gasteiger partial charge in [0.25, 0.3) is 0 Å². The van der Waals surface area contributed by atoms with Gasteiger partial charge in [0.15, 0.2) is 0 Å². The van der Waals surface area contributed by atoms with Gasteiger partial charge in [-0.15, -0.1) is 0 Å². The summed E-state index contributed by atoms with van der Waals surface area (Å²) < 4.78 is 0. The Bertz CT molecular complexity index is 501. The smallest absolute Gasteiger partial charge is 0.242 e. The first kappa shape index (κ1) is 15.8. The van der Waals surface area contributed by atoms with Crippen molar-refractivity contribution in [3.63, 3.8) is 0 Å². The number of aromatic nitrogens is 1. The number of nitrogens with zero attached hydrogens (tertiary/aromatic N) is 2. The molecule has 0 saturated carbocycles. The minimum atomic E-state index is -0.0826. The van der Waals surface area contributed by atoms with E-state index in [1.807, 2.05) is 6.20 Å². The van der Waals surface area contributed by atoms with E-state index in [0.29, 0.717) is 6.04 Å². The maximum Gasteiger partial charge on any atom is 0.242 e. The molecule has 1 fully saturated rings. The molecule has 1 aromatic rings. The normalized spacial score (nSPS) is 18.3. The highest BCUT2D eigenvalue weighted by Crippen LogP contribution is 2.27. The van der Waals surface area contributed by atoms with Gasteiger partial charge in [-0.3, -0.25) is 4.79 Å². The maximum absolute atomic E-state index is 12.0. The van der Waals surface area contributed by atoms with E-state index in [4.69, 9.17) is 0 Å². The van der Waals surface area contributed by atoms with Crippen LogP contribution in [0.25, 0.3) is 0 Å². The van der Waals surface area contributed by atoms with Gasteiger partial charge in [0.1, 0.15) is 11.9 Å². The third-order valence-electron chi connectivity index (χ3n) is 3.90. The minimum absolute atomic E-state index is 0.0826. The van der Waals surface area contributed by atoms with Crippen LogP contribution >= 0.6 is 0 Å². The highest BCUT2D eigenvalue weighted by Gasteiger charge is 2.31. The fraction of sp³-hybridized carbons (Fsp3) is 0.625. The summed E-state index contributed by atoms with van der Waals surface area (Å²) in [5, 5.41) is 6.15. The molecule has 0 bridgehead atoms. The maximum atomic E-state index is 12.0. The van der Waals surface area contributed by atoms with E-state index in [9.17, 15) is 4.79 Å². The number of anilines is 1. The van der Waals surface area contributed by atoms with Crippen molar-refractivity contribution in [1.82, 2.24) is 15.6 Å². The number of carbonyl (C=O) groups is 1. The van der Waals surface area contributed by atoms with Crippen LogP contribution in [0.4, 0.5) is 5.82 Å². The lowest BCUT2D eigenvalue weighted by molar-refractivity contribution is -0.121. The molecule has 1 aliphatic rings. The number of hydrogen-bond donors (Lipinski definition) is 2. The summed E-state index contributed by atoms with van der Waals surface area (Å²) in [4.78, 5) is 18.7. The Morgan fingerprint density at radius 2 is 2.29 bits per heavy atom. The molecule has 2 heterocycles. The van der Waals surface area contributed by atoms with Crippen molar-refractivity contribution in [1.29, 1.82) is 0 Å². The van der Waals surface area contributed by atoms with E-state index >= 15 is 0 Å². The van der Waals surface area contributed by atoms with Gasteiger partial charge in [0.2, 0.25) is 5.91 Å². The molecule has 116 valence electrons. The predicted molar refractivity (Wildman–Crippen MR) is 85.4 cm³/mol. The second-order valence-electron chi connectivity index (χ2n) is 5.99. The molecule has 0 radical (unpaired) electrons. The molecule has 5 nitrogen and oxygen atoms in total. The van der Waals surface area contributed by atoms with Crippen molar-refractivity contribution >= 4 is 11.7 Å². The van der Waals surface area contributed by atoms with Gasteiger partial charge >= 0.3 is 0 Å². The number of hydrogen-bond acceptors (Lipinski definition) is 4. The van der Waals surface area contributed by atoms with Crippen LogP contribution in [0.5, 0.6) is 0 Å². The fourth-order valence-corrected chi connectivity index (χ4v) is 2.80. The van der Waals surface area contributed by atoms with E-state index < -0.39 is 0 Å². The molecular weight excluding hydrogens is 264 g/mol. The standard InChI is InChI=1S/C16H26N4O/c1-11(2)18-9-13-8-12(3)15(19-10-13)20-7-5-6-14(20)16(21)17-4/h8,10-11,14,18H,5-7,9H2,1-4H3,(H,17,21). The molecule has 0 aromatic carbocycles. The molecular formula is C16H26N4O. The largest absolute Gasteiger partial charge is 0.357 e. The first-order chi connectivity index (χ1) is 10.0. The van der Waals surface area contributed by atoms with Gasteiger partial charge in [-0.2, -0.15) is 0 Å². The molecule has 1 saturated heterocycles. The van der Waals surface area contributed by atoms with E-state index in [0.717, 1.165) is 37.3 Å². The van der Waals surface area contributed by atoms with Gasteiger partial charge in [-0.1, -0.05) is 13.8 Å². The Labute approximate surface area is 127 Å². The van der Waals surface area contributed by atoms with Crippen molar-refractivity contribution in [2.75, 3.05) is 18.5 Å². The van der Waals surface area contributed by atoms with Crippen LogP contribution in [0.2, 0.25) is 0 Å². The quantitative estimate of drug-likeness (QED) is 0.865. The summed E-state index contributed by atoms with van der Waals surface area (Å²) >= 11 is 0. The summed E-state index contributed by atoms with van der Waals surface area (Å²) in [5.74, 6) is 1.02. The number of amides is 1. The summed E-state index contributed by atoms with van der Waals surface area (Å²) in [5.41, 5.74) is 2.31. The number of rotatable bonds is 5. The van der Waals surface area contributed by atoms with Crippen LogP contribution in [0.1, 0.15) is 37.8 Å². The van der Waals surface area contributed by atoms with Crippen molar-refractivity contribution in [3.8, 4) is 0 Å². The van der Waals surface area contributed by atoms with Crippen LogP contribution in [0, 0.1) is 6.92 Å². The first-order valence-electron chi connectivity index (χ1n) is 7.70. The zero-order chi connectivity index (χ0) is 15.4. The minimum Gasteiger partial charge on any atom is -0.357 e. The van der Waals surface area contributed by atoms with Crippen LogP contribution in [-0.4, -0.2) is 36.6 Å². The molecule has 0 aliphatic carbocycles.